The Morgan fingerprint density at radius 2 is 1.04 bits per heavy atom. The number of fused-ring (bicyclic) bond motifs is 7. The van der Waals surface area contributed by atoms with E-state index in [1.807, 2.05) is 0 Å². The molecule has 0 amide bonds. The number of hydrogen-bond donors (Lipinski definition) is 0. The van der Waals surface area contributed by atoms with E-state index in [1.165, 1.54) is 65.2 Å². The molecular weight excluding hydrogens is 864 g/mol. The van der Waals surface area contributed by atoms with Crippen LogP contribution in [0.15, 0.2) is 237 Å². The van der Waals surface area contributed by atoms with Crippen LogP contribution in [0.1, 0.15) is 31.9 Å². The van der Waals surface area contributed by atoms with Gasteiger partial charge >= 0.3 is 0 Å². The summed E-state index contributed by atoms with van der Waals surface area (Å²) in [5.74, 6) is 1.78. The maximum absolute atomic E-state index is 7.32. The average molecular weight is 915 g/mol. The van der Waals surface area contributed by atoms with Crippen LogP contribution in [0.5, 0.6) is 11.5 Å². The van der Waals surface area contributed by atoms with E-state index in [-0.39, 0.29) is 12.1 Å². The predicted octanol–water partition coefficient (Wildman–Crippen LogP) is 12.2. The number of rotatable bonds is 7. The van der Waals surface area contributed by atoms with Gasteiger partial charge in [0, 0.05) is 40.1 Å². The van der Waals surface area contributed by atoms with Crippen LogP contribution in [0.3, 0.4) is 0 Å². The first kappa shape index (κ1) is 42.0. The van der Waals surface area contributed by atoms with E-state index >= 15 is 0 Å². The molecule has 10 aromatic rings. The van der Waals surface area contributed by atoms with E-state index in [4.69, 9.17) is 4.74 Å². The van der Waals surface area contributed by atoms with Crippen LogP contribution < -0.4 is 51.7 Å². The average Bonchev–Trinajstić information content (AvgIpc) is 3.69. The number of ether oxygens (including phenoxy) is 1. The minimum Gasteiger partial charge on any atom is -0.458 e. The van der Waals surface area contributed by atoms with Gasteiger partial charge in [0.05, 0.1) is 5.69 Å². The van der Waals surface area contributed by atoms with Crippen LogP contribution in [0.2, 0.25) is 0 Å². The molecule has 10 aromatic carbocycles. The van der Waals surface area contributed by atoms with E-state index in [0.29, 0.717) is 0 Å². The van der Waals surface area contributed by atoms with Gasteiger partial charge in [-0.15, -0.1) is 0 Å². The molecule has 3 heterocycles. The molecule has 0 bridgehead atoms. The zero-order valence-corrected chi connectivity index (χ0v) is 40.9. The van der Waals surface area contributed by atoms with Crippen molar-refractivity contribution >= 4 is 86.0 Å². The minimum atomic E-state index is -2.86. The van der Waals surface area contributed by atoms with E-state index in [1.54, 1.807) is 0 Å². The Kier molecular flexibility index (Phi) is 9.76. The fourth-order valence-electron chi connectivity index (χ4n) is 11.8. The predicted molar refractivity (Wildman–Crippen MR) is 298 cm³/mol. The summed E-state index contributed by atoms with van der Waals surface area (Å²) < 4.78 is 7.32. The summed E-state index contributed by atoms with van der Waals surface area (Å²) in [4.78, 5) is 4.91. The normalized spacial score (nSPS) is 13.6. The first-order chi connectivity index (χ1) is 34.3. The number of aryl methyl sites for hydroxylation is 1. The smallest absolute Gasteiger partial charge is 0.256 e. The quantitative estimate of drug-likeness (QED) is 0.148. The molecule has 0 fully saturated rings. The molecule has 70 heavy (non-hydrogen) atoms. The second-order valence-electron chi connectivity index (χ2n) is 20.1. The monoisotopic (exact) mass is 914 g/mol. The van der Waals surface area contributed by atoms with Gasteiger partial charge in [-0.05, 0) is 138 Å². The van der Waals surface area contributed by atoms with Crippen molar-refractivity contribution < 1.29 is 4.74 Å². The van der Waals surface area contributed by atoms with Gasteiger partial charge < -0.3 is 14.5 Å². The van der Waals surface area contributed by atoms with Gasteiger partial charge in [0.25, 0.3) is 6.71 Å². The molecule has 0 saturated carbocycles. The van der Waals surface area contributed by atoms with Gasteiger partial charge in [-0.2, -0.15) is 0 Å². The third kappa shape index (κ3) is 6.49. The maximum atomic E-state index is 7.32. The highest BCUT2D eigenvalue weighted by molar-refractivity contribution is 7.22. The molecule has 0 saturated heterocycles. The first-order valence-corrected chi connectivity index (χ1v) is 26.5. The van der Waals surface area contributed by atoms with E-state index in [2.05, 4.69) is 274 Å². The topological polar surface area (TPSA) is 15.7 Å². The van der Waals surface area contributed by atoms with Crippen LogP contribution in [-0.2, 0) is 5.41 Å². The number of benzene rings is 10. The standard InChI is InChI=1S/C65H51BN2OSi/c1-44-38-59-64-61(39-44)69-60-41-49(67(47-24-12-6-13-25-47)48-26-14-7-15-27-48)35-36-55(60)66(64)56-43-63-54(42-58(56)68(59)57-37-34-46(65(2,3)4)40-53(57)45-22-10-5-11-23-45)52-32-20-21-33-62(52)70(63,50-28-16-8-17-29-50)51-30-18-9-19-31-51/h5-43H,1-4H3. The van der Waals surface area contributed by atoms with Crippen molar-refractivity contribution in [1.29, 1.82) is 0 Å². The van der Waals surface area contributed by atoms with Gasteiger partial charge in [-0.3, -0.25) is 0 Å². The van der Waals surface area contributed by atoms with Crippen LogP contribution in [-0.4, -0.2) is 14.8 Å². The molecule has 0 N–H and O–H groups in total. The summed E-state index contributed by atoms with van der Waals surface area (Å²) in [6.07, 6.45) is 0. The van der Waals surface area contributed by atoms with Crippen LogP contribution in [0.4, 0.5) is 34.1 Å². The lowest BCUT2D eigenvalue weighted by Crippen LogP contribution is -2.73. The molecule has 334 valence electrons. The zero-order chi connectivity index (χ0) is 47.1. The Labute approximate surface area is 413 Å². The Morgan fingerprint density at radius 3 is 1.69 bits per heavy atom. The number of anilines is 6. The Balaban J connectivity index is 1.12. The molecule has 0 spiro atoms. The van der Waals surface area contributed by atoms with Crippen molar-refractivity contribution in [2.45, 2.75) is 33.1 Å². The van der Waals surface area contributed by atoms with Crippen molar-refractivity contribution in [2.24, 2.45) is 0 Å². The van der Waals surface area contributed by atoms with Gasteiger partial charge in [0.2, 0.25) is 0 Å². The molecule has 0 atom stereocenters. The number of para-hydroxylation sites is 2. The van der Waals surface area contributed by atoms with E-state index in [0.717, 1.165) is 51.0 Å². The van der Waals surface area contributed by atoms with Crippen LogP contribution in [0, 0.1) is 6.92 Å². The van der Waals surface area contributed by atoms with Crippen molar-refractivity contribution in [1.82, 2.24) is 0 Å². The highest BCUT2D eigenvalue weighted by Gasteiger charge is 2.51. The Bertz CT molecular complexity index is 3550. The summed E-state index contributed by atoms with van der Waals surface area (Å²) in [5.41, 5.74) is 17.8. The molecule has 13 rings (SSSR count). The maximum Gasteiger partial charge on any atom is 0.256 e. The van der Waals surface area contributed by atoms with Gasteiger partial charge in [0.1, 0.15) is 11.5 Å². The fourth-order valence-corrected chi connectivity index (χ4v) is 17.1. The lowest BCUT2D eigenvalue weighted by atomic mass is 9.34. The fraction of sp³-hybridized carbons (Fsp3) is 0.0769. The summed E-state index contributed by atoms with van der Waals surface area (Å²) in [5, 5.41) is 5.64. The van der Waals surface area contributed by atoms with Gasteiger partial charge in [0.15, 0.2) is 8.07 Å². The summed E-state index contributed by atoms with van der Waals surface area (Å²) in [6.45, 7) is 9.02. The lowest BCUT2D eigenvalue weighted by molar-refractivity contribution is 0.487. The molecule has 0 unspecified atom stereocenters. The molecule has 0 radical (unpaired) electrons. The molecule has 3 aliphatic heterocycles. The SMILES string of the molecule is Cc1cc2c3c(c1)N(c1ccc(C(C)(C)C)cc1-c1ccccc1)c1cc4c(cc1B3c1ccc(N(c3ccccc3)c3ccccc3)cc1O2)[Si](c1ccccc1)(c1ccccc1)c1ccccc1-4. The van der Waals surface area contributed by atoms with Gasteiger partial charge in [-0.1, -0.05) is 191 Å². The highest BCUT2D eigenvalue weighted by atomic mass is 28.3. The molecule has 3 nitrogen and oxygen atoms in total. The number of nitrogens with zero attached hydrogens (tertiary/aromatic N) is 2. The minimum absolute atomic E-state index is 0.0458. The second kappa shape index (κ2) is 16.3. The van der Waals surface area contributed by atoms with E-state index < -0.39 is 8.07 Å². The van der Waals surface area contributed by atoms with E-state index in [9.17, 15) is 0 Å². The first-order valence-electron chi connectivity index (χ1n) is 24.5. The van der Waals surface area contributed by atoms with Gasteiger partial charge in [-0.25, -0.2) is 0 Å². The number of hydrogen-bond acceptors (Lipinski definition) is 3. The summed E-state index contributed by atoms with van der Waals surface area (Å²) >= 11 is 0. The van der Waals surface area contributed by atoms with Crippen molar-refractivity contribution in [3.05, 3.63) is 248 Å². The Hall–Kier alpha value is -8.12. The summed E-state index contributed by atoms with van der Waals surface area (Å²) in [6, 6.07) is 88.2. The largest absolute Gasteiger partial charge is 0.458 e. The third-order valence-electron chi connectivity index (χ3n) is 15.0. The summed E-state index contributed by atoms with van der Waals surface area (Å²) in [7, 11) is -2.86. The zero-order valence-electron chi connectivity index (χ0n) is 39.9. The highest BCUT2D eigenvalue weighted by Crippen LogP contribution is 2.48. The molecule has 3 aliphatic rings. The lowest BCUT2D eigenvalue weighted by Gasteiger charge is -2.42. The van der Waals surface area contributed by atoms with Crippen LogP contribution in [0.25, 0.3) is 22.3 Å². The molecular formula is C65H51BN2OSi. The third-order valence-corrected chi connectivity index (χ3v) is 19.8. The van der Waals surface area contributed by atoms with Crippen LogP contribution >= 0.6 is 0 Å². The van der Waals surface area contributed by atoms with Crippen molar-refractivity contribution in [2.75, 3.05) is 9.80 Å². The second-order valence-corrected chi connectivity index (χ2v) is 23.9. The van der Waals surface area contributed by atoms with Crippen molar-refractivity contribution in [3.8, 4) is 33.8 Å². The molecule has 5 heteroatoms. The molecule has 0 aliphatic carbocycles. The van der Waals surface area contributed by atoms with Crippen molar-refractivity contribution in [3.63, 3.8) is 0 Å². The molecule has 0 aromatic heterocycles. The Morgan fingerprint density at radius 1 is 0.443 bits per heavy atom.